The zero-order valence-electron chi connectivity index (χ0n) is 17.1. The Morgan fingerprint density at radius 3 is 2.56 bits per heavy atom. The van der Waals surface area contributed by atoms with E-state index in [1.165, 1.54) is 23.3 Å². The number of rotatable bonds is 5. The summed E-state index contributed by atoms with van der Waals surface area (Å²) in [7, 11) is 0. The molecule has 0 unspecified atom stereocenters. The highest BCUT2D eigenvalue weighted by molar-refractivity contribution is 6.05. The fourth-order valence-corrected chi connectivity index (χ4v) is 3.26. The van der Waals surface area contributed by atoms with Crippen molar-refractivity contribution >= 4 is 11.6 Å². The lowest BCUT2D eigenvalue weighted by Gasteiger charge is -2.13. The third-order valence-corrected chi connectivity index (χ3v) is 4.73. The summed E-state index contributed by atoms with van der Waals surface area (Å²) in [6, 6.07) is 9.23. The van der Waals surface area contributed by atoms with Crippen LogP contribution in [-0.2, 0) is 6.18 Å². The summed E-state index contributed by atoms with van der Waals surface area (Å²) in [4.78, 5) is 20.8. The Balaban J connectivity index is 1.63. The number of pyridine rings is 1. The first-order valence-corrected chi connectivity index (χ1v) is 9.66. The molecule has 0 bridgehead atoms. The number of alkyl halides is 3. The summed E-state index contributed by atoms with van der Waals surface area (Å²) in [6.45, 7) is 3.72. The largest absolute Gasteiger partial charge is 0.444 e. The van der Waals surface area contributed by atoms with E-state index < -0.39 is 17.6 Å². The Hall–Kier alpha value is -3.95. The van der Waals surface area contributed by atoms with Crippen LogP contribution < -0.4 is 5.32 Å². The van der Waals surface area contributed by atoms with E-state index >= 15 is 0 Å². The first kappa shape index (κ1) is 21.3. The van der Waals surface area contributed by atoms with Crippen LogP contribution in [0.5, 0.6) is 0 Å². The van der Waals surface area contributed by atoms with Crippen LogP contribution >= 0.6 is 0 Å². The fraction of sp³-hybridized carbons (Fsp3) is 0.182. The van der Waals surface area contributed by atoms with E-state index in [9.17, 15) is 18.0 Å². The van der Waals surface area contributed by atoms with Gasteiger partial charge >= 0.3 is 6.18 Å². The molecule has 7 nitrogen and oxygen atoms in total. The molecular formula is C22H18F3N5O2. The van der Waals surface area contributed by atoms with Crippen molar-refractivity contribution in [2.45, 2.75) is 25.9 Å². The number of oxazole rings is 1. The number of aromatic nitrogens is 4. The molecule has 0 atom stereocenters. The van der Waals surface area contributed by atoms with Gasteiger partial charge in [0.25, 0.3) is 5.91 Å². The number of nitrogens with zero attached hydrogens (tertiary/aromatic N) is 4. The summed E-state index contributed by atoms with van der Waals surface area (Å²) in [6.07, 6.45) is 0.528. The van der Waals surface area contributed by atoms with Gasteiger partial charge in [0.05, 0.1) is 29.2 Å². The van der Waals surface area contributed by atoms with Gasteiger partial charge in [0, 0.05) is 17.4 Å². The van der Waals surface area contributed by atoms with Crippen molar-refractivity contribution in [3.8, 4) is 17.1 Å². The van der Waals surface area contributed by atoms with Gasteiger partial charge in [-0.05, 0) is 30.2 Å². The Kier molecular flexibility index (Phi) is 5.52. The SMILES string of the molecule is CC(C)c1c(C(=O)Nc2cccc(-c3cnco3)c2)cnn1-c1ccc(C(F)(F)F)cn1. The molecule has 10 heteroatoms. The summed E-state index contributed by atoms with van der Waals surface area (Å²) >= 11 is 0. The minimum atomic E-state index is -4.48. The molecule has 1 amide bonds. The van der Waals surface area contributed by atoms with Crippen molar-refractivity contribution in [3.05, 3.63) is 78.2 Å². The first-order valence-electron chi connectivity index (χ1n) is 9.66. The maximum atomic E-state index is 13.0. The Morgan fingerprint density at radius 1 is 1.12 bits per heavy atom. The molecule has 1 N–H and O–H groups in total. The van der Waals surface area contributed by atoms with Crippen molar-refractivity contribution < 1.29 is 22.4 Å². The number of amides is 1. The van der Waals surface area contributed by atoms with Crippen LogP contribution in [0.1, 0.15) is 41.4 Å². The molecule has 0 aliphatic carbocycles. The number of hydrogen-bond donors (Lipinski definition) is 1. The van der Waals surface area contributed by atoms with Gasteiger partial charge in [0.2, 0.25) is 0 Å². The molecular weight excluding hydrogens is 423 g/mol. The van der Waals surface area contributed by atoms with Crippen LogP contribution in [0.15, 0.2) is 65.8 Å². The average Bonchev–Trinajstić information content (AvgIpc) is 3.44. The highest BCUT2D eigenvalue weighted by Gasteiger charge is 2.31. The standard InChI is InChI=1S/C22H18F3N5O2/c1-13(2)20-17(10-28-30(20)19-7-6-15(9-27-19)22(23,24)25)21(31)29-16-5-3-4-14(8-16)18-11-26-12-32-18/h3-13H,1-2H3,(H,29,31). The van der Waals surface area contributed by atoms with Gasteiger partial charge in [-0.25, -0.2) is 14.6 Å². The smallest absolute Gasteiger partial charge is 0.417 e. The minimum Gasteiger partial charge on any atom is -0.444 e. The zero-order valence-corrected chi connectivity index (χ0v) is 17.1. The Labute approximate surface area is 180 Å². The van der Waals surface area contributed by atoms with E-state index in [0.717, 1.165) is 17.8 Å². The molecule has 0 aliphatic heterocycles. The van der Waals surface area contributed by atoms with E-state index in [4.69, 9.17) is 4.42 Å². The quantitative estimate of drug-likeness (QED) is 0.453. The monoisotopic (exact) mass is 441 g/mol. The molecule has 0 saturated carbocycles. The summed E-state index contributed by atoms with van der Waals surface area (Å²) < 4.78 is 45.2. The van der Waals surface area contributed by atoms with Crippen molar-refractivity contribution in [2.24, 2.45) is 0 Å². The lowest BCUT2D eigenvalue weighted by Crippen LogP contribution is -2.16. The highest BCUT2D eigenvalue weighted by Crippen LogP contribution is 2.30. The molecule has 0 aliphatic rings. The number of benzene rings is 1. The molecule has 3 heterocycles. The maximum Gasteiger partial charge on any atom is 0.417 e. The van der Waals surface area contributed by atoms with Crippen LogP contribution in [0.25, 0.3) is 17.1 Å². The van der Waals surface area contributed by atoms with Crippen molar-refractivity contribution in [1.29, 1.82) is 0 Å². The number of halogens is 3. The van der Waals surface area contributed by atoms with E-state index in [1.807, 2.05) is 19.9 Å². The molecule has 0 spiro atoms. The van der Waals surface area contributed by atoms with E-state index in [0.29, 0.717) is 22.7 Å². The van der Waals surface area contributed by atoms with E-state index in [-0.39, 0.29) is 11.7 Å². The topological polar surface area (TPSA) is 85.8 Å². The third kappa shape index (κ3) is 4.25. The second-order valence-corrected chi connectivity index (χ2v) is 7.31. The van der Waals surface area contributed by atoms with Gasteiger partial charge < -0.3 is 9.73 Å². The number of anilines is 1. The highest BCUT2D eigenvalue weighted by atomic mass is 19.4. The van der Waals surface area contributed by atoms with Crippen LogP contribution in [0.3, 0.4) is 0 Å². The average molecular weight is 441 g/mol. The lowest BCUT2D eigenvalue weighted by molar-refractivity contribution is -0.137. The minimum absolute atomic E-state index is 0.150. The number of carbonyl (C=O) groups is 1. The van der Waals surface area contributed by atoms with Gasteiger partial charge in [-0.15, -0.1) is 0 Å². The van der Waals surface area contributed by atoms with Crippen molar-refractivity contribution in [2.75, 3.05) is 5.32 Å². The van der Waals surface area contributed by atoms with Gasteiger partial charge in [-0.3, -0.25) is 4.79 Å². The number of hydrogen-bond acceptors (Lipinski definition) is 5. The Bertz CT molecular complexity index is 1230. The van der Waals surface area contributed by atoms with Crippen LogP contribution in [0.4, 0.5) is 18.9 Å². The molecule has 32 heavy (non-hydrogen) atoms. The summed E-state index contributed by atoms with van der Waals surface area (Å²) in [5.41, 5.74) is 1.25. The predicted molar refractivity (Wildman–Crippen MR) is 110 cm³/mol. The first-order chi connectivity index (χ1) is 15.2. The molecule has 164 valence electrons. The summed E-state index contributed by atoms with van der Waals surface area (Å²) in [5.74, 6) is 0.197. The lowest BCUT2D eigenvalue weighted by atomic mass is 10.0. The summed E-state index contributed by atoms with van der Waals surface area (Å²) in [5, 5.41) is 7.04. The van der Waals surface area contributed by atoms with E-state index in [1.54, 1.807) is 24.4 Å². The van der Waals surface area contributed by atoms with Crippen LogP contribution in [0, 0.1) is 0 Å². The van der Waals surface area contributed by atoms with Gasteiger partial charge in [0.1, 0.15) is 0 Å². The molecule has 0 saturated heterocycles. The van der Waals surface area contributed by atoms with Gasteiger partial charge in [0.15, 0.2) is 18.0 Å². The molecule has 4 rings (SSSR count). The zero-order chi connectivity index (χ0) is 22.9. The van der Waals surface area contributed by atoms with Gasteiger partial charge in [-0.2, -0.15) is 18.3 Å². The maximum absolute atomic E-state index is 13.0. The molecule has 3 aromatic heterocycles. The van der Waals surface area contributed by atoms with Crippen molar-refractivity contribution in [3.63, 3.8) is 0 Å². The van der Waals surface area contributed by atoms with Crippen LogP contribution in [-0.4, -0.2) is 25.7 Å². The van der Waals surface area contributed by atoms with Crippen LogP contribution in [0.2, 0.25) is 0 Å². The second-order valence-electron chi connectivity index (χ2n) is 7.31. The van der Waals surface area contributed by atoms with Crippen molar-refractivity contribution in [1.82, 2.24) is 19.7 Å². The second kappa shape index (κ2) is 8.29. The molecule has 0 fully saturated rings. The molecule has 1 aromatic carbocycles. The number of carbonyl (C=O) groups excluding carboxylic acids is 1. The fourth-order valence-electron chi connectivity index (χ4n) is 3.26. The molecule has 0 radical (unpaired) electrons. The Morgan fingerprint density at radius 2 is 1.94 bits per heavy atom. The molecule has 4 aromatic rings. The van der Waals surface area contributed by atoms with E-state index in [2.05, 4.69) is 20.4 Å². The number of nitrogens with one attached hydrogen (secondary N) is 1. The third-order valence-electron chi connectivity index (χ3n) is 4.73. The predicted octanol–water partition coefficient (Wildman–Crippen LogP) is 5.32. The van der Waals surface area contributed by atoms with Gasteiger partial charge in [-0.1, -0.05) is 26.0 Å². The normalized spacial score (nSPS) is 11.7.